The van der Waals surface area contributed by atoms with Crippen molar-refractivity contribution in [3.63, 3.8) is 0 Å². The second-order valence-corrected chi connectivity index (χ2v) is 4.93. The van der Waals surface area contributed by atoms with Crippen molar-refractivity contribution in [2.45, 2.75) is 13.5 Å². The number of hydrogen-bond donors (Lipinski definition) is 1. The van der Waals surface area contributed by atoms with E-state index in [1.807, 2.05) is 24.3 Å². The predicted octanol–water partition coefficient (Wildman–Crippen LogP) is 3.02. The van der Waals surface area contributed by atoms with E-state index in [2.05, 4.69) is 40.8 Å². The van der Waals surface area contributed by atoms with Crippen LogP contribution < -0.4 is 10.2 Å². The number of carbonyl (C=O) groups excluding carboxylic acids is 1. The molecule has 0 fully saturated rings. The molecule has 22 heavy (non-hydrogen) atoms. The normalized spacial score (nSPS) is 10.0. The van der Waals surface area contributed by atoms with Crippen LogP contribution in [-0.4, -0.2) is 24.0 Å². The Morgan fingerprint density at radius 2 is 2.09 bits per heavy atom. The molecule has 1 heterocycles. The van der Waals surface area contributed by atoms with Gasteiger partial charge in [-0.15, -0.1) is 6.58 Å². The molecular formula is C18H21N3O. The van der Waals surface area contributed by atoms with Crippen molar-refractivity contribution in [3.8, 4) is 0 Å². The van der Waals surface area contributed by atoms with E-state index < -0.39 is 0 Å². The number of carbonyl (C=O) groups is 1. The third-order valence-electron chi connectivity index (χ3n) is 3.36. The van der Waals surface area contributed by atoms with Gasteiger partial charge in [0.2, 0.25) is 0 Å². The number of aromatic nitrogens is 1. The summed E-state index contributed by atoms with van der Waals surface area (Å²) in [6.45, 7) is 7.76. The number of amides is 1. The minimum atomic E-state index is -0.134. The van der Waals surface area contributed by atoms with Crippen molar-refractivity contribution in [2.75, 3.05) is 18.0 Å². The lowest BCUT2D eigenvalue weighted by atomic mass is 10.2. The van der Waals surface area contributed by atoms with Gasteiger partial charge in [-0.1, -0.05) is 36.4 Å². The van der Waals surface area contributed by atoms with E-state index in [0.717, 1.165) is 18.8 Å². The molecule has 0 bridgehead atoms. The van der Waals surface area contributed by atoms with Gasteiger partial charge >= 0.3 is 0 Å². The summed E-state index contributed by atoms with van der Waals surface area (Å²) in [5.74, 6) is -0.134. The van der Waals surface area contributed by atoms with Crippen LogP contribution >= 0.6 is 0 Å². The minimum Gasteiger partial charge on any atom is -0.366 e. The average molecular weight is 295 g/mol. The van der Waals surface area contributed by atoms with E-state index in [1.54, 1.807) is 18.5 Å². The molecule has 4 nitrogen and oxygen atoms in total. The van der Waals surface area contributed by atoms with Gasteiger partial charge in [0, 0.05) is 25.8 Å². The Balaban J connectivity index is 2.15. The van der Waals surface area contributed by atoms with Gasteiger partial charge in [-0.25, -0.2) is 0 Å². The van der Waals surface area contributed by atoms with Crippen molar-refractivity contribution in [3.05, 3.63) is 72.6 Å². The summed E-state index contributed by atoms with van der Waals surface area (Å²) in [6.07, 6.45) is 5.03. The van der Waals surface area contributed by atoms with Gasteiger partial charge in [-0.2, -0.15) is 0 Å². The Hall–Kier alpha value is -2.62. The van der Waals surface area contributed by atoms with Crippen LogP contribution in [0.15, 0.2) is 61.4 Å². The zero-order chi connectivity index (χ0) is 15.8. The molecule has 0 aliphatic heterocycles. The van der Waals surface area contributed by atoms with Crippen molar-refractivity contribution in [1.29, 1.82) is 0 Å². The van der Waals surface area contributed by atoms with Gasteiger partial charge in [-0.3, -0.25) is 9.78 Å². The maximum absolute atomic E-state index is 12.0. The zero-order valence-electron chi connectivity index (χ0n) is 12.8. The summed E-state index contributed by atoms with van der Waals surface area (Å²) in [6, 6.07) is 12.1. The van der Waals surface area contributed by atoms with Crippen molar-refractivity contribution in [2.24, 2.45) is 0 Å². The van der Waals surface area contributed by atoms with Gasteiger partial charge in [0.1, 0.15) is 0 Å². The summed E-state index contributed by atoms with van der Waals surface area (Å²) < 4.78 is 0. The van der Waals surface area contributed by atoms with Crippen LogP contribution in [0.4, 0.5) is 5.69 Å². The number of anilines is 1. The molecule has 4 heteroatoms. The van der Waals surface area contributed by atoms with Gasteiger partial charge in [0.05, 0.1) is 17.4 Å². The Bertz CT molecular complexity index is 625. The fourth-order valence-corrected chi connectivity index (χ4v) is 2.18. The maximum atomic E-state index is 12.0. The summed E-state index contributed by atoms with van der Waals surface area (Å²) in [7, 11) is 0. The number of hydrogen-bond acceptors (Lipinski definition) is 3. The molecule has 0 aliphatic carbocycles. The number of pyridine rings is 1. The highest BCUT2D eigenvalue weighted by atomic mass is 16.1. The predicted molar refractivity (Wildman–Crippen MR) is 89.9 cm³/mol. The fourth-order valence-electron chi connectivity index (χ4n) is 2.18. The standard InChI is InChI=1S/C18H21N3O/c1-3-10-20-18(22)16-11-17(13-19-12-16)21(4-2)14-15-8-6-5-7-9-15/h3,5-9,11-13H,1,4,10,14H2,2H3,(H,20,22). The molecule has 2 aromatic rings. The second-order valence-electron chi connectivity index (χ2n) is 4.93. The van der Waals surface area contributed by atoms with Gasteiger partial charge in [-0.05, 0) is 18.6 Å². The minimum absolute atomic E-state index is 0.134. The number of benzene rings is 1. The highest BCUT2D eigenvalue weighted by Gasteiger charge is 2.10. The molecular weight excluding hydrogens is 274 g/mol. The molecule has 2 rings (SSSR count). The smallest absolute Gasteiger partial charge is 0.253 e. The first-order valence-electron chi connectivity index (χ1n) is 7.37. The lowest BCUT2D eigenvalue weighted by molar-refractivity contribution is 0.0957. The van der Waals surface area contributed by atoms with E-state index >= 15 is 0 Å². The zero-order valence-corrected chi connectivity index (χ0v) is 12.8. The van der Waals surface area contributed by atoms with Crippen LogP contribution in [0.3, 0.4) is 0 Å². The monoisotopic (exact) mass is 295 g/mol. The largest absolute Gasteiger partial charge is 0.366 e. The number of nitrogens with one attached hydrogen (secondary N) is 1. The summed E-state index contributed by atoms with van der Waals surface area (Å²) >= 11 is 0. The molecule has 1 amide bonds. The molecule has 0 unspecified atom stereocenters. The van der Waals surface area contributed by atoms with Gasteiger partial charge < -0.3 is 10.2 Å². The molecule has 114 valence electrons. The van der Waals surface area contributed by atoms with Crippen LogP contribution in [0.5, 0.6) is 0 Å². The SMILES string of the molecule is C=CCNC(=O)c1cncc(N(CC)Cc2ccccc2)c1. The molecule has 0 saturated heterocycles. The van der Waals surface area contributed by atoms with Crippen molar-refractivity contribution >= 4 is 11.6 Å². The molecule has 0 saturated carbocycles. The molecule has 0 atom stereocenters. The quantitative estimate of drug-likeness (QED) is 0.799. The lowest BCUT2D eigenvalue weighted by Gasteiger charge is -2.23. The molecule has 0 spiro atoms. The summed E-state index contributed by atoms with van der Waals surface area (Å²) in [4.78, 5) is 18.4. The van der Waals surface area contributed by atoms with Gasteiger partial charge in [0.25, 0.3) is 5.91 Å². The molecule has 0 radical (unpaired) electrons. The maximum Gasteiger partial charge on any atom is 0.253 e. The first kappa shape index (κ1) is 15.8. The van der Waals surface area contributed by atoms with Crippen LogP contribution in [0.2, 0.25) is 0 Å². The average Bonchev–Trinajstić information content (AvgIpc) is 2.58. The van der Waals surface area contributed by atoms with E-state index in [0.29, 0.717) is 12.1 Å². The first-order chi connectivity index (χ1) is 10.7. The van der Waals surface area contributed by atoms with Crippen molar-refractivity contribution in [1.82, 2.24) is 10.3 Å². The number of rotatable bonds is 7. The number of nitrogens with zero attached hydrogens (tertiary/aromatic N) is 2. The Morgan fingerprint density at radius 3 is 2.77 bits per heavy atom. The van der Waals surface area contributed by atoms with Crippen LogP contribution in [0, 0.1) is 0 Å². The van der Waals surface area contributed by atoms with Crippen LogP contribution in [0.1, 0.15) is 22.8 Å². The topological polar surface area (TPSA) is 45.2 Å². The lowest BCUT2D eigenvalue weighted by Crippen LogP contribution is -2.25. The Kier molecular flexibility index (Phi) is 5.72. The van der Waals surface area contributed by atoms with E-state index in [-0.39, 0.29) is 5.91 Å². The van der Waals surface area contributed by atoms with E-state index in [9.17, 15) is 4.79 Å². The Labute approximate surface area is 131 Å². The van der Waals surface area contributed by atoms with Crippen LogP contribution in [-0.2, 0) is 6.54 Å². The first-order valence-corrected chi connectivity index (χ1v) is 7.37. The fraction of sp³-hybridized carbons (Fsp3) is 0.222. The van der Waals surface area contributed by atoms with Gasteiger partial charge in [0.15, 0.2) is 0 Å². The third-order valence-corrected chi connectivity index (χ3v) is 3.36. The Morgan fingerprint density at radius 1 is 1.32 bits per heavy atom. The van der Waals surface area contributed by atoms with E-state index in [1.165, 1.54) is 5.56 Å². The highest BCUT2D eigenvalue weighted by molar-refractivity contribution is 5.94. The molecule has 0 aliphatic rings. The summed E-state index contributed by atoms with van der Waals surface area (Å²) in [5, 5.41) is 2.77. The second kappa shape index (κ2) is 7.98. The van der Waals surface area contributed by atoms with Crippen molar-refractivity contribution < 1.29 is 4.79 Å². The molecule has 1 aromatic heterocycles. The summed E-state index contributed by atoms with van der Waals surface area (Å²) in [5.41, 5.74) is 2.73. The third kappa shape index (κ3) is 4.19. The van der Waals surface area contributed by atoms with Crippen LogP contribution in [0.25, 0.3) is 0 Å². The molecule has 1 N–H and O–H groups in total. The van der Waals surface area contributed by atoms with E-state index in [4.69, 9.17) is 0 Å². The molecule has 1 aromatic carbocycles. The highest BCUT2D eigenvalue weighted by Crippen LogP contribution is 2.17.